The van der Waals surface area contributed by atoms with Gasteiger partial charge in [0.1, 0.15) is 0 Å². The Morgan fingerprint density at radius 2 is 1.92 bits per heavy atom. The monoisotopic (exact) mass is 191 g/mol. The predicted molar refractivity (Wildman–Crippen MR) is 47.2 cm³/mol. The average Bonchev–Trinajstić information content (AvgIpc) is 2.04. The molecule has 0 spiro atoms. The van der Waals surface area contributed by atoms with E-state index in [1.54, 1.807) is 0 Å². The molecule has 0 amide bonds. The number of hydrogen-bond acceptors (Lipinski definition) is 3. The van der Waals surface area contributed by atoms with Crippen molar-refractivity contribution in [2.24, 2.45) is 0 Å². The average molecular weight is 191 g/mol. The lowest BCUT2D eigenvalue weighted by molar-refractivity contribution is 0.194. The molecule has 0 aliphatic carbocycles. The van der Waals surface area contributed by atoms with Gasteiger partial charge in [-0.2, -0.15) is 0 Å². The number of piperidine rings is 1. The molecule has 0 radical (unpaired) electrons. The van der Waals surface area contributed by atoms with Crippen LogP contribution in [0.25, 0.3) is 0 Å². The van der Waals surface area contributed by atoms with Crippen LogP contribution in [0.2, 0.25) is 0 Å². The Kier molecular flexibility index (Phi) is 3.64. The van der Waals surface area contributed by atoms with Crippen molar-refractivity contribution in [3.63, 3.8) is 0 Å². The SMILES string of the molecule is CN(C)C1CCN(S(=O)[O-])CC1. The first-order valence-electron chi connectivity index (χ1n) is 4.12. The minimum absolute atomic E-state index is 0.546. The molecule has 1 rings (SSSR count). The van der Waals surface area contributed by atoms with Gasteiger partial charge < -0.3 is 9.45 Å². The molecule has 0 aromatic carbocycles. The van der Waals surface area contributed by atoms with Crippen LogP contribution in [0.3, 0.4) is 0 Å². The zero-order valence-electron chi connectivity index (χ0n) is 7.52. The lowest BCUT2D eigenvalue weighted by Crippen LogP contribution is -2.42. The maximum atomic E-state index is 10.5. The number of nitrogens with zero attached hydrogens (tertiary/aromatic N) is 2. The standard InChI is InChI=1S/C7H16N2O2S/c1-8(2)7-3-5-9(6-4-7)12(10)11/h7H,3-6H2,1-2H3,(H,10,11)/p-1. The van der Waals surface area contributed by atoms with E-state index >= 15 is 0 Å². The molecule has 0 N–H and O–H groups in total. The summed E-state index contributed by atoms with van der Waals surface area (Å²) in [7, 11) is 4.07. The fraction of sp³-hybridized carbons (Fsp3) is 1.00. The summed E-state index contributed by atoms with van der Waals surface area (Å²) in [5.74, 6) is 0. The van der Waals surface area contributed by atoms with Crippen LogP contribution in [-0.2, 0) is 11.3 Å². The fourth-order valence-electron chi connectivity index (χ4n) is 1.51. The van der Waals surface area contributed by atoms with Crippen molar-refractivity contribution in [1.82, 2.24) is 9.21 Å². The van der Waals surface area contributed by atoms with Gasteiger partial charge >= 0.3 is 0 Å². The molecule has 0 bridgehead atoms. The summed E-state index contributed by atoms with van der Waals surface area (Å²) < 4.78 is 22.6. The second-order valence-electron chi connectivity index (χ2n) is 3.34. The minimum atomic E-state index is -2.02. The highest BCUT2D eigenvalue weighted by molar-refractivity contribution is 7.76. The highest BCUT2D eigenvalue weighted by Gasteiger charge is 2.20. The first kappa shape index (κ1) is 10.1. The Morgan fingerprint density at radius 3 is 2.25 bits per heavy atom. The minimum Gasteiger partial charge on any atom is -0.760 e. The summed E-state index contributed by atoms with van der Waals surface area (Å²) in [4.78, 5) is 2.16. The van der Waals surface area contributed by atoms with Crippen molar-refractivity contribution in [1.29, 1.82) is 0 Å². The molecule has 1 heterocycles. The third-order valence-corrected chi connectivity index (χ3v) is 3.15. The number of rotatable bonds is 2. The quantitative estimate of drug-likeness (QED) is 0.568. The van der Waals surface area contributed by atoms with Gasteiger partial charge in [-0.1, -0.05) is 0 Å². The molecule has 1 saturated heterocycles. The summed E-state index contributed by atoms with van der Waals surface area (Å²) in [5, 5.41) is 0. The summed E-state index contributed by atoms with van der Waals surface area (Å²) in [6.07, 6.45) is 1.89. The van der Waals surface area contributed by atoms with Gasteiger partial charge in [-0.05, 0) is 26.9 Å². The van der Waals surface area contributed by atoms with E-state index in [0.29, 0.717) is 19.1 Å². The third kappa shape index (κ3) is 2.52. The largest absolute Gasteiger partial charge is 0.760 e. The number of hydrogen-bond donors (Lipinski definition) is 0. The molecule has 1 atom stereocenters. The summed E-state index contributed by atoms with van der Waals surface area (Å²) in [6, 6.07) is 0.546. The van der Waals surface area contributed by atoms with Crippen molar-refractivity contribution in [2.45, 2.75) is 18.9 Å². The Morgan fingerprint density at radius 1 is 1.42 bits per heavy atom. The van der Waals surface area contributed by atoms with Gasteiger partial charge in [0.25, 0.3) is 0 Å². The second-order valence-corrected chi connectivity index (χ2v) is 4.29. The molecular weight excluding hydrogens is 176 g/mol. The van der Waals surface area contributed by atoms with E-state index < -0.39 is 11.3 Å². The van der Waals surface area contributed by atoms with Crippen molar-refractivity contribution in [2.75, 3.05) is 27.2 Å². The summed E-state index contributed by atoms with van der Waals surface area (Å²) >= 11 is -2.02. The molecule has 72 valence electrons. The molecule has 0 aromatic heterocycles. The van der Waals surface area contributed by atoms with E-state index in [2.05, 4.69) is 4.90 Å². The Balaban J connectivity index is 2.34. The molecule has 0 saturated carbocycles. The second kappa shape index (κ2) is 4.32. The van der Waals surface area contributed by atoms with Gasteiger partial charge in [0, 0.05) is 30.4 Å². The first-order valence-corrected chi connectivity index (χ1v) is 5.15. The van der Waals surface area contributed by atoms with Crippen LogP contribution in [0, 0.1) is 0 Å². The highest BCUT2D eigenvalue weighted by Crippen LogP contribution is 2.14. The van der Waals surface area contributed by atoms with E-state index in [1.807, 2.05) is 14.1 Å². The van der Waals surface area contributed by atoms with E-state index in [0.717, 1.165) is 12.8 Å². The molecule has 0 aromatic rings. The first-order chi connectivity index (χ1) is 5.61. The van der Waals surface area contributed by atoms with Crippen LogP contribution in [-0.4, -0.2) is 51.2 Å². The molecule has 1 aliphatic heterocycles. The van der Waals surface area contributed by atoms with Gasteiger partial charge in [-0.15, -0.1) is 0 Å². The van der Waals surface area contributed by atoms with E-state index in [4.69, 9.17) is 0 Å². The zero-order valence-corrected chi connectivity index (χ0v) is 8.34. The Labute approximate surface area is 76.0 Å². The summed E-state index contributed by atoms with van der Waals surface area (Å²) in [5.41, 5.74) is 0. The maximum Gasteiger partial charge on any atom is 0.0209 e. The molecular formula is C7H15N2O2S-. The van der Waals surface area contributed by atoms with Crippen LogP contribution < -0.4 is 0 Å². The molecule has 1 fully saturated rings. The smallest absolute Gasteiger partial charge is 0.0209 e. The highest BCUT2D eigenvalue weighted by atomic mass is 32.2. The normalized spacial score (nSPS) is 24.7. The van der Waals surface area contributed by atoms with E-state index in [1.165, 1.54) is 4.31 Å². The van der Waals surface area contributed by atoms with Crippen molar-refractivity contribution in [3.05, 3.63) is 0 Å². The zero-order chi connectivity index (χ0) is 9.14. The van der Waals surface area contributed by atoms with Crippen molar-refractivity contribution in [3.8, 4) is 0 Å². The van der Waals surface area contributed by atoms with Gasteiger partial charge in [-0.3, -0.25) is 4.21 Å². The van der Waals surface area contributed by atoms with Gasteiger partial charge in [0.15, 0.2) is 0 Å². The van der Waals surface area contributed by atoms with Gasteiger partial charge in [-0.25, -0.2) is 4.31 Å². The van der Waals surface area contributed by atoms with E-state index in [-0.39, 0.29) is 0 Å². The fourth-order valence-corrected chi connectivity index (χ4v) is 2.02. The van der Waals surface area contributed by atoms with Crippen molar-refractivity contribution < 1.29 is 8.76 Å². The van der Waals surface area contributed by atoms with Crippen LogP contribution in [0.4, 0.5) is 0 Å². The summed E-state index contributed by atoms with van der Waals surface area (Å²) in [6.45, 7) is 1.33. The third-order valence-electron chi connectivity index (χ3n) is 2.36. The van der Waals surface area contributed by atoms with Crippen molar-refractivity contribution >= 4 is 11.3 Å². The molecule has 4 nitrogen and oxygen atoms in total. The molecule has 5 heteroatoms. The molecule has 1 unspecified atom stereocenters. The topological polar surface area (TPSA) is 46.6 Å². The maximum absolute atomic E-state index is 10.5. The molecule has 1 aliphatic rings. The molecule has 12 heavy (non-hydrogen) atoms. The van der Waals surface area contributed by atoms with Crippen LogP contribution >= 0.6 is 0 Å². The lowest BCUT2D eigenvalue weighted by Gasteiger charge is -2.35. The van der Waals surface area contributed by atoms with Crippen LogP contribution in [0.1, 0.15) is 12.8 Å². The Bertz CT molecular complexity index is 167. The van der Waals surface area contributed by atoms with Crippen LogP contribution in [0.15, 0.2) is 0 Å². The lowest BCUT2D eigenvalue weighted by atomic mass is 10.1. The predicted octanol–water partition coefficient (Wildman–Crippen LogP) is -0.194. The Hall–Kier alpha value is 0.0300. The van der Waals surface area contributed by atoms with Crippen LogP contribution in [0.5, 0.6) is 0 Å². The van der Waals surface area contributed by atoms with E-state index in [9.17, 15) is 8.76 Å². The van der Waals surface area contributed by atoms with Gasteiger partial charge in [0.2, 0.25) is 0 Å². The van der Waals surface area contributed by atoms with Gasteiger partial charge in [0.05, 0.1) is 0 Å².